The van der Waals surface area contributed by atoms with Crippen molar-refractivity contribution in [2.45, 2.75) is 33.1 Å². The summed E-state index contributed by atoms with van der Waals surface area (Å²) in [5.41, 5.74) is 0.862. The topological polar surface area (TPSA) is 54.9 Å². The van der Waals surface area contributed by atoms with Crippen molar-refractivity contribution in [3.05, 3.63) is 24.3 Å². The lowest BCUT2D eigenvalue weighted by molar-refractivity contribution is -0.121. The summed E-state index contributed by atoms with van der Waals surface area (Å²) in [7, 11) is 0. The SMILES string of the molecule is CCC(C)CNC(=O)CCc1cnccn1.[HH]. The summed E-state index contributed by atoms with van der Waals surface area (Å²) in [4.78, 5) is 19.6. The molecule has 1 aromatic heterocycles. The molecule has 4 nitrogen and oxygen atoms in total. The monoisotopic (exact) mass is 223 g/mol. The van der Waals surface area contributed by atoms with Crippen LogP contribution in [-0.2, 0) is 11.2 Å². The molecule has 0 aromatic carbocycles. The number of aromatic nitrogens is 2. The van der Waals surface area contributed by atoms with Gasteiger partial charge in [-0.05, 0) is 12.3 Å². The number of carbonyl (C=O) groups excluding carboxylic acids is 1. The Labute approximate surface area is 98.0 Å². The third-order valence-corrected chi connectivity index (χ3v) is 2.57. The number of amides is 1. The molecule has 0 aliphatic heterocycles. The van der Waals surface area contributed by atoms with Crippen LogP contribution >= 0.6 is 0 Å². The van der Waals surface area contributed by atoms with Crippen molar-refractivity contribution in [2.24, 2.45) is 5.92 Å². The number of nitrogens with zero attached hydrogens (tertiary/aromatic N) is 2. The van der Waals surface area contributed by atoms with Gasteiger partial charge in [-0.15, -0.1) is 0 Å². The quantitative estimate of drug-likeness (QED) is 0.800. The van der Waals surface area contributed by atoms with E-state index in [0.29, 0.717) is 18.8 Å². The fraction of sp³-hybridized carbons (Fsp3) is 0.583. The predicted octanol–water partition coefficient (Wildman–Crippen LogP) is 1.82. The van der Waals surface area contributed by atoms with Crippen molar-refractivity contribution in [3.8, 4) is 0 Å². The number of nitrogens with one attached hydrogen (secondary N) is 1. The van der Waals surface area contributed by atoms with Crippen molar-refractivity contribution >= 4 is 5.91 Å². The van der Waals surface area contributed by atoms with Crippen LogP contribution in [-0.4, -0.2) is 22.4 Å². The Morgan fingerprint density at radius 3 is 3.00 bits per heavy atom. The minimum atomic E-state index is 0. The molecule has 1 rings (SSSR count). The number of rotatable bonds is 6. The maximum atomic E-state index is 11.5. The van der Waals surface area contributed by atoms with Crippen LogP contribution in [0.4, 0.5) is 0 Å². The van der Waals surface area contributed by atoms with Gasteiger partial charge in [-0.25, -0.2) is 0 Å². The van der Waals surface area contributed by atoms with Gasteiger partial charge in [0.05, 0.1) is 5.69 Å². The van der Waals surface area contributed by atoms with Gasteiger partial charge in [-0.3, -0.25) is 14.8 Å². The van der Waals surface area contributed by atoms with Crippen molar-refractivity contribution in [3.63, 3.8) is 0 Å². The highest BCUT2D eigenvalue weighted by molar-refractivity contribution is 5.76. The molecule has 0 aliphatic carbocycles. The number of aryl methyl sites for hydroxylation is 1. The summed E-state index contributed by atoms with van der Waals surface area (Å²) in [5, 5.41) is 2.92. The minimum absolute atomic E-state index is 0. The van der Waals surface area contributed by atoms with E-state index in [1.165, 1.54) is 0 Å². The first-order valence-corrected chi connectivity index (χ1v) is 5.74. The van der Waals surface area contributed by atoms with Gasteiger partial charge in [-0.1, -0.05) is 20.3 Å². The van der Waals surface area contributed by atoms with E-state index < -0.39 is 0 Å². The Kier molecular flexibility index (Phi) is 5.46. The number of hydrogen-bond acceptors (Lipinski definition) is 3. The largest absolute Gasteiger partial charge is 0.356 e. The van der Waals surface area contributed by atoms with Crippen LogP contribution in [0, 0.1) is 5.92 Å². The fourth-order valence-electron chi connectivity index (χ4n) is 1.22. The second-order valence-electron chi connectivity index (χ2n) is 4.01. The molecular weight excluding hydrogens is 202 g/mol. The first-order chi connectivity index (χ1) is 7.72. The lowest BCUT2D eigenvalue weighted by Crippen LogP contribution is -2.28. The molecule has 1 heterocycles. The van der Waals surface area contributed by atoms with E-state index in [1.54, 1.807) is 18.6 Å². The van der Waals surface area contributed by atoms with Gasteiger partial charge in [0.15, 0.2) is 0 Å². The zero-order valence-electron chi connectivity index (χ0n) is 9.94. The number of carbonyl (C=O) groups is 1. The number of hydrogen-bond donors (Lipinski definition) is 1. The molecule has 4 heteroatoms. The Balaban J connectivity index is 0.00000256. The summed E-state index contributed by atoms with van der Waals surface area (Å²) < 4.78 is 0. The molecule has 1 amide bonds. The van der Waals surface area contributed by atoms with E-state index in [2.05, 4.69) is 29.1 Å². The molecular formula is C12H21N3O. The van der Waals surface area contributed by atoms with Crippen LogP contribution in [0.3, 0.4) is 0 Å². The van der Waals surface area contributed by atoms with Crippen molar-refractivity contribution < 1.29 is 6.22 Å². The fourth-order valence-corrected chi connectivity index (χ4v) is 1.22. The Morgan fingerprint density at radius 2 is 2.38 bits per heavy atom. The van der Waals surface area contributed by atoms with Gasteiger partial charge in [-0.2, -0.15) is 0 Å². The molecule has 90 valence electrons. The van der Waals surface area contributed by atoms with Crippen LogP contribution < -0.4 is 5.32 Å². The van der Waals surface area contributed by atoms with E-state index >= 15 is 0 Å². The third-order valence-electron chi connectivity index (χ3n) is 2.57. The van der Waals surface area contributed by atoms with Crippen molar-refractivity contribution in [2.75, 3.05) is 6.54 Å². The highest BCUT2D eigenvalue weighted by Gasteiger charge is 2.04. The van der Waals surface area contributed by atoms with Gasteiger partial charge in [0.1, 0.15) is 0 Å². The van der Waals surface area contributed by atoms with E-state index in [0.717, 1.165) is 18.7 Å². The summed E-state index contributed by atoms with van der Waals surface area (Å²) >= 11 is 0. The first-order valence-electron chi connectivity index (χ1n) is 5.74. The molecule has 0 fully saturated rings. The Bertz CT molecular complexity index is 319. The van der Waals surface area contributed by atoms with E-state index in [9.17, 15) is 4.79 Å². The molecule has 1 unspecified atom stereocenters. The van der Waals surface area contributed by atoms with Crippen LogP contribution in [0.25, 0.3) is 0 Å². The Morgan fingerprint density at radius 1 is 1.56 bits per heavy atom. The molecule has 1 N–H and O–H groups in total. The summed E-state index contributed by atoms with van der Waals surface area (Å²) in [6.07, 6.45) is 7.20. The van der Waals surface area contributed by atoms with E-state index in [-0.39, 0.29) is 7.33 Å². The molecule has 16 heavy (non-hydrogen) atoms. The molecule has 0 saturated heterocycles. The van der Waals surface area contributed by atoms with Gasteiger partial charge < -0.3 is 5.32 Å². The van der Waals surface area contributed by atoms with E-state index in [4.69, 9.17) is 0 Å². The van der Waals surface area contributed by atoms with Gasteiger partial charge in [0.2, 0.25) is 5.91 Å². The molecule has 0 spiro atoms. The zero-order chi connectivity index (χ0) is 11.8. The third kappa shape index (κ3) is 4.87. The average molecular weight is 223 g/mol. The maximum Gasteiger partial charge on any atom is 0.220 e. The molecule has 0 bridgehead atoms. The predicted molar refractivity (Wildman–Crippen MR) is 64.9 cm³/mol. The van der Waals surface area contributed by atoms with Gasteiger partial charge >= 0.3 is 0 Å². The highest BCUT2D eigenvalue weighted by atomic mass is 16.1. The molecule has 1 aromatic rings. The first kappa shape index (κ1) is 12.6. The average Bonchev–Trinajstić information content (AvgIpc) is 2.34. The summed E-state index contributed by atoms with van der Waals surface area (Å²) in [6.45, 7) is 5.01. The minimum Gasteiger partial charge on any atom is -0.356 e. The normalized spacial score (nSPS) is 12.1. The maximum absolute atomic E-state index is 11.5. The van der Waals surface area contributed by atoms with Crippen LogP contribution in [0.2, 0.25) is 0 Å². The van der Waals surface area contributed by atoms with Gasteiger partial charge in [0, 0.05) is 33.0 Å². The van der Waals surface area contributed by atoms with E-state index in [1.807, 2.05) is 0 Å². The second kappa shape index (κ2) is 6.93. The molecule has 1 atom stereocenters. The molecule has 0 saturated carbocycles. The van der Waals surface area contributed by atoms with Crippen LogP contribution in [0.15, 0.2) is 18.6 Å². The molecule has 0 radical (unpaired) electrons. The lowest BCUT2D eigenvalue weighted by Gasteiger charge is -2.09. The summed E-state index contributed by atoms with van der Waals surface area (Å²) in [5.74, 6) is 0.631. The smallest absolute Gasteiger partial charge is 0.220 e. The lowest BCUT2D eigenvalue weighted by atomic mass is 10.1. The zero-order valence-corrected chi connectivity index (χ0v) is 9.94. The van der Waals surface area contributed by atoms with Crippen molar-refractivity contribution in [1.29, 1.82) is 0 Å². The van der Waals surface area contributed by atoms with Crippen molar-refractivity contribution in [1.82, 2.24) is 15.3 Å². The second-order valence-corrected chi connectivity index (χ2v) is 4.01. The Hall–Kier alpha value is -1.45. The molecule has 0 aliphatic rings. The van der Waals surface area contributed by atoms with Crippen LogP contribution in [0.1, 0.15) is 33.8 Å². The highest BCUT2D eigenvalue weighted by Crippen LogP contribution is 1.99. The summed E-state index contributed by atoms with van der Waals surface area (Å²) in [6, 6.07) is 0. The standard InChI is InChI=1S/C12H19N3O.H2/c1-3-10(2)8-15-12(16)5-4-11-9-13-6-7-14-11;/h6-7,9-10H,3-5,8H2,1-2H3,(H,15,16);1H. The van der Waals surface area contributed by atoms with Crippen LogP contribution in [0.5, 0.6) is 0 Å². The van der Waals surface area contributed by atoms with Gasteiger partial charge in [0.25, 0.3) is 0 Å².